The maximum atomic E-state index is 9.72. The lowest BCUT2D eigenvalue weighted by Crippen LogP contribution is -1.87. The van der Waals surface area contributed by atoms with Crippen molar-refractivity contribution in [3.05, 3.63) is 35.9 Å². The first-order chi connectivity index (χ1) is 8.85. The van der Waals surface area contributed by atoms with E-state index >= 15 is 0 Å². The van der Waals surface area contributed by atoms with Crippen molar-refractivity contribution in [2.75, 3.05) is 13.1 Å². The molecule has 0 heterocycles. The Bertz CT molecular complexity index is 392. The van der Waals surface area contributed by atoms with Crippen molar-refractivity contribution in [2.45, 2.75) is 26.2 Å². The Morgan fingerprint density at radius 3 is 2.11 bits per heavy atom. The van der Waals surface area contributed by atoms with Crippen LogP contribution < -0.4 is 0 Å². The minimum Gasteiger partial charge on any atom is -0.211 e. The highest BCUT2D eigenvalue weighted by Gasteiger charge is 1.89. The Kier molecular flexibility index (Phi) is 11.6. The monoisotopic (exact) mass is 246 g/mol. The van der Waals surface area contributed by atoms with Crippen molar-refractivity contribution in [1.82, 2.24) is 0 Å². The number of rotatable bonds is 6. The van der Waals surface area contributed by atoms with E-state index < -0.39 is 0 Å². The Morgan fingerprint density at radius 2 is 1.61 bits per heavy atom. The lowest BCUT2D eigenvalue weighted by Gasteiger charge is -1.96. The van der Waals surface area contributed by atoms with Gasteiger partial charge in [0.05, 0.1) is 13.1 Å². The summed E-state index contributed by atoms with van der Waals surface area (Å²) < 4.78 is 0. The standard InChI is InChI=1S/C10H11NO.C4H7NO/c12-9-11-8-4-7-10-5-2-1-3-6-10;1-2-3-5-4-6/h1-3,5-6H,4,7-8H2;2-3H2,1H3. The van der Waals surface area contributed by atoms with Crippen LogP contribution in [-0.2, 0) is 16.0 Å². The molecule has 18 heavy (non-hydrogen) atoms. The molecule has 0 aliphatic rings. The third kappa shape index (κ3) is 10.5. The highest BCUT2D eigenvalue weighted by molar-refractivity contribution is 5.32. The summed E-state index contributed by atoms with van der Waals surface area (Å²) in [4.78, 5) is 25.8. The Balaban J connectivity index is 0.000000411. The molecule has 0 bridgehead atoms. The van der Waals surface area contributed by atoms with Crippen molar-refractivity contribution >= 4 is 12.2 Å². The zero-order valence-corrected chi connectivity index (χ0v) is 10.6. The molecule has 1 rings (SSSR count). The van der Waals surface area contributed by atoms with E-state index in [1.54, 1.807) is 0 Å². The van der Waals surface area contributed by atoms with Crippen molar-refractivity contribution < 1.29 is 9.59 Å². The quantitative estimate of drug-likeness (QED) is 0.440. The number of carbonyl (C=O) groups excluding carboxylic acids is 2. The van der Waals surface area contributed by atoms with Crippen LogP contribution in [0.1, 0.15) is 25.3 Å². The van der Waals surface area contributed by atoms with E-state index in [9.17, 15) is 9.59 Å². The molecule has 4 heteroatoms. The fourth-order valence-electron chi connectivity index (χ4n) is 1.21. The molecule has 0 fully saturated rings. The second kappa shape index (κ2) is 13.0. The van der Waals surface area contributed by atoms with E-state index in [1.165, 1.54) is 17.7 Å². The van der Waals surface area contributed by atoms with Gasteiger partial charge in [-0.3, -0.25) is 0 Å². The minimum atomic E-state index is 0.582. The van der Waals surface area contributed by atoms with Gasteiger partial charge in [-0.05, 0) is 24.8 Å². The number of hydrogen-bond acceptors (Lipinski definition) is 4. The van der Waals surface area contributed by atoms with Crippen molar-refractivity contribution in [2.24, 2.45) is 9.98 Å². The fourth-order valence-corrected chi connectivity index (χ4v) is 1.21. The van der Waals surface area contributed by atoms with E-state index in [-0.39, 0.29) is 0 Å². The van der Waals surface area contributed by atoms with Crippen LogP contribution in [0.5, 0.6) is 0 Å². The first-order valence-corrected chi connectivity index (χ1v) is 5.96. The van der Waals surface area contributed by atoms with Gasteiger partial charge in [0.2, 0.25) is 12.2 Å². The highest BCUT2D eigenvalue weighted by Crippen LogP contribution is 2.01. The third-order valence-electron chi connectivity index (χ3n) is 2.04. The maximum absolute atomic E-state index is 9.72. The molecule has 1 aromatic rings. The molecular formula is C14H18N2O2. The summed E-state index contributed by atoms with van der Waals surface area (Å²) in [5, 5.41) is 0. The van der Waals surface area contributed by atoms with Gasteiger partial charge in [-0.15, -0.1) is 0 Å². The SMILES string of the molecule is CCCN=C=O.O=C=NCCCc1ccccc1. The molecule has 1 aromatic carbocycles. The summed E-state index contributed by atoms with van der Waals surface area (Å²) in [6.07, 6.45) is 5.79. The van der Waals surface area contributed by atoms with Crippen LogP contribution >= 0.6 is 0 Å². The van der Waals surface area contributed by atoms with Crippen LogP contribution in [0, 0.1) is 0 Å². The first kappa shape index (κ1) is 16.0. The number of aryl methyl sites for hydroxylation is 1. The molecule has 96 valence electrons. The smallest absolute Gasteiger partial charge is 0.211 e. The summed E-state index contributed by atoms with van der Waals surface area (Å²) in [5.74, 6) is 0. The molecule has 0 radical (unpaired) electrons. The van der Waals surface area contributed by atoms with E-state index in [2.05, 4.69) is 22.1 Å². The molecule has 0 aliphatic heterocycles. The Hall–Kier alpha value is -2.02. The lowest BCUT2D eigenvalue weighted by atomic mass is 10.1. The number of benzene rings is 1. The number of hydrogen-bond donors (Lipinski definition) is 0. The first-order valence-electron chi connectivity index (χ1n) is 5.96. The molecule has 4 nitrogen and oxygen atoms in total. The molecule has 0 aromatic heterocycles. The average molecular weight is 246 g/mol. The van der Waals surface area contributed by atoms with Gasteiger partial charge in [-0.25, -0.2) is 19.6 Å². The number of aliphatic imine (C=N–C) groups is 2. The largest absolute Gasteiger partial charge is 0.234 e. The molecule has 0 unspecified atom stereocenters. The average Bonchev–Trinajstić information content (AvgIpc) is 2.43. The molecule has 0 aliphatic carbocycles. The molecule has 0 amide bonds. The van der Waals surface area contributed by atoms with E-state index in [0.29, 0.717) is 13.1 Å². The van der Waals surface area contributed by atoms with Crippen molar-refractivity contribution in [3.8, 4) is 0 Å². The van der Waals surface area contributed by atoms with Gasteiger partial charge >= 0.3 is 0 Å². The molecule has 0 saturated carbocycles. The fraction of sp³-hybridized carbons (Fsp3) is 0.429. The predicted molar refractivity (Wildman–Crippen MR) is 71.0 cm³/mol. The van der Waals surface area contributed by atoms with Crippen molar-refractivity contribution in [3.63, 3.8) is 0 Å². The molecule has 0 N–H and O–H groups in total. The lowest BCUT2D eigenvalue weighted by molar-refractivity contribution is 0.561. The van der Waals surface area contributed by atoms with Crippen molar-refractivity contribution in [1.29, 1.82) is 0 Å². The van der Waals surface area contributed by atoms with E-state index in [1.807, 2.05) is 25.1 Å². The predicted octanol–water partition coefficient (Wildman–Crippen LogP) is 2.69. The molecule has 0 spiro atoms. The number of nitrogens with zero attached hydrogens (tertiary/aromatic N) is 2. The van der Waals surface area contributed by atoms with Gasteiger partial charge < -0.3 is 0 Å². The molecule has 0 saturated heterocycles. The Morgan fingerprint density at radius 1 is 1.00 bits per heavy atom. The summed E-state index contributed by atoms with van der Waals surface area (Å²) in [6, 6.07) is 10.2. The van der Waals surface area contributed by atoms with Gasteiger partial charge in [-0.2, -0.15) is 0 Å². The highest BCUT2D eigenvalue weighted by atomic mass is 16.1. The van der Waals surface area contributed by atoms with Gasteiger partial charge in [-0.1, -0.05) is 37.3 Å². The topological polar surface area (TPSA) is 58.9 Å². The zero-order valence-electron chi connectivity index (χ0n) is 10.6. The summed E-state index contributed by atoms with van der Waals surface area (Å²) in [7, 11) is 0. The summed E-state index contributed by atoms with van der Waals surface area (Å²) in [6.45, 7) is 3.16. The second-order valence-electron chi connectivity index (χ2n) is 3.54. The summed E-state index contributed by atoms with van der Waals surface area (Å²) in [5.41, 5.74) is 1.29. The van der Waals surface area contributed by atoms with Gasteiger partial charge in [0, 0.05) is 0 Å². The molecule has 0 atom stereocenters. The van der Waals surface area contributed by atoms with Crippen LogP contribution in [0.15, 0.2) is 40.3 Å². The van der Waals surface area contributed by atoms with Crippen LogP contribution in [0.3, 0.4) is 0 Å². The number of isocyanates is 2. The summed E-state index contributed by atoms with van der Waals surface area (Å²) >= 11 is 0. The van der Waals surface area contributed by atoms with E-state index in [0.717, 1.165) is 19.3 Å². The second-order valence-corrected chi connectivity index (χ2v) is 3.54. The third-order valence-corrected chi connectivity index (χ3v) is 2.04. The zero-order chi connectivity index (χ0) is 13.5. The normalized spacial score (nSPS) is 8.28. The van der Waals surface area contributed by atoms with Gasteiger partial charge in [0.1, 0.15) is 0 Å². The molecular weight excluding hydrogens is 228 g/mol. The van der Waals surface area contributed by atoms with E-state index in [4.69, 9.17) is 0 Å². The Labute approximate surface area is 107 Å². The van der Waals surface area contributed by atoms with Gasteiger partial charge in [0.25, 0.3) is 0 Å². The maximum Gasteiger partial charge on any atom is 0.234 e. The minimum absolute atomic E-state index is 0.582. The van der Waals surface area contributed by atoms with Crippen LogP contribution in [0.25, 0.3) is 0 Å². The van der Waals surface area contributed by atoms with Gasteiger partial charge in [0.15, 0.2) is 0 Å². The van der Waals surface area contributed by atoms with Crippen LogP contribution in [-0.4, -0.2) is 25.2 Å². The van der Waals surface area contributed by atoms with Crippen LogP contribution in [0.4, 0.5) is 0 Å². The van der Waals surface area contributed by atoms with Crippen LogP contribution in [0.2, 0.25) is 0 Å².